The minimum Gasteiger partial charge on any atom is -0.323 e. The van der Waals surface area contributed by atoms with Crippen molar-refractivity contribution in [2.24, 2.45) is 11.8 Å². The molecule has 1 aromatic rings. The van der Waals surface area contributed by atoms with Gasteiger partial charge in [-0.2, -0.15) is 0 Å². The second kappa shape index (κ2) is 6.66. The minimum absolute atomic E-state index is 0.0339. The number of benzene rings is 1. The van der Waals surface area contributed by atoms with Crippen molar-refractivity contribution in [1.29, 1.82) is 0 Å². The fourth-order valence-corrected chi connectivity index (χ4v) is 5.58. The number of amides is 1. The molecule has 1 aromatic carbocycles. The Labute approximate surface area is 149 Å². The summed E-state index contributed by atoms with van der Waals surface area (Å²) in [6.45, 7) is 4.68. The molecule has 2 saturated heterocycles. The van der Waals surface area contributed by atoms with Gasteiger partial charge in [0.2, 0.25) is 5.91 Å². The van der Waals surface area contributed by atoms with Gasteiger partial charge in [0.25, 0.3) is 0 Å². The molecule has 0 aliphatic carbocycles. The van der Waals surface area contributed by atoms with Crippen LogP contribution < -0.4 is 10.6 Å². The van der Waals surface area contributed by atoms with Gasteiger partial charge in [-0.25, -0.2) is 0 Å². The molecule has 0 bridgehead atoms. The van der Waals surface area contributed by atoms with E-state index in [1.807, 2.05) is 12.1 Å². The molecule has 2 heterocycles. The molecule has 21 heavy (non-hydrogen) atoms. The number of hydrogen-bond donors (Lipinski definition) is 2. The van der Waals surface area contributed by atoms with E-state index in [4.69, 9.17) is 0 Å². The summed E-state index contributed by atoms with van der Waals surface area (Å²) in [6, 6.07) is 3.85. The van der Waals surface area contributed by atoms with Crippen LogP contribution in [-0.4, -0.2) is 43.5 Å². The normalized spacial score (nSPS) is 25.1. The summed E-state index contributed by atoms with van der Waals surface area (Å²) in [5.41, 5.74) is 0.782. The van der Waals surface area contributed by atoms with E-state index in [0.29, 0.717) is 18.4 Å². The molecule has 2 N–H and O–H groups in total. The van der Waals surface area contributed by atoms with E-state index in [1.165, 1.54) is 0 Å². The molecule has 3 rings (SSSR count). The van der Waals surface area contributed by atoms with Gasteiger partial charge in [0.1, 0.15) is 0 Å². The molecule has 7 heteroatoms. The van der Waals surface area contributed by atoms with Gasteiger partial charge in [-0.05, 0) is 68.9 Å². The van der Waals surface area contributed by atoms with Gasteiger partial charge in [0.05, 0.1) is 12.2 Å². The Morgan fingerprint density at radius 3 is 2.33 bits per heavy atom. The first-order valence-electron chi connectivity index (χ1n) is 6.90. The number of halogens is 3. The molecule has 1 amide bonds. The summed E-state index contributed by atoms with van der Waals surface area (Å²) < 4.78 is 2.68. The zero-order chi connectivity index (χ0) is 15.0. The van der Waals surface area contributed by atoms with Crippen molar-refractivity contribution in [3.63, 3.8) is 0 Å². The van der Waals surface area contributed by atoms with Crippen LogP contribution in [0.15, 0.2) is 25.6 Å². The van der Waals surface area contributed by atoms with Crippen LogP contribution in [0.2, 0.25) is 0 Å². The summed E-state index contributed by atoms with van der Waals surface area (Å²) >= 11 is 10.4. The molecule has 4 nitrogen and oxygen atoms in total. The summed E-state index contributed by atoms with van der Waals surface area (Å²) in [7, 11) is 0. The first kappa shape index (κ1) is 15.9. The Hall–Kier alpha value is 0.0500. The van der Waals surface area contributed by atoms with Crippen LogP contribution in [0.3, 0.4) is 0 Å². The zero-order valence-electron chi connectivity index (χ0n) is 11.3. The average Bonchev–Trinajstić information content (AvgIpc) is 2.94. The molecule has 0 saturated carbocycles. The van der Waals surface area contributed by atoms with Gasteiger partial charge in [-0.15, -0.1) is 0 Å². The number of anilines is 1. The smallest absolute Gasteiger partial charge is 0.238 e. The molecule has 2 aliphatic rings. The van der Waals surface area contributed by atoms with Crippen molar-refractivity contribution in [2.75, 3.05) is 38.0 Å². The molecular formula is C14H16Br3N3O. The topological polar surface area (TPSA) is 44.4 Å². The van der Waals surface area contributed by atoms with Crippen molar-refractivity contribution in [2.45, 2.75) is 0 Å². The molecule has 2 fully saturated rings. The SMILES string of the molecule is O=C(CN1CC2CNCC2C1)Nc1c(Br)cc(Br)cc1Br. The highest BCUT2D eigenvalue weighted by Gasteiger charge is 2.36. The molecule has 2 atom stereocenters. The third-order valence-corrected chi connectivity index (χ3v) is 5.81. The summed E-state index contributed by atoms with van der Waals surface area (Å²) in [5, 5.41) is 6.40. The highest BCUT2D eigenvalue weighted by molar-refractivity contribution is 9.11. The van der Waals surface area contributed by atoms with Crippen LogP contribution in [0.1, 0.15) is 0 Å². The maximum Gasteiger partial charge on any atom is 0.238 e. The number of hydrogen-bond acceptors (Lipinski definition) is 3. The van der Waals surface area contributed by atoms with E-state index in [0.717, 1.165) is 45.3 Å². The molecular weight excluding hydrogens is 466 g/mol. The van der Waals surface area contributed by atoms with E-state index in [1.54, 1.807) is 0 Å². The number of rotatable bonds is 3. The van der Waals surface area contributed by atoms with Gasteiger partial charge in [0.15, 0.2) is 0 Å². The third-order valence-electron chi connectivity index (χ3n) is 4.10. The average molecular weight is 482 g/mol. The lowest BCUT2D eigenvalue weighted by Gasteiger charge is -2.17. The predicted octanol–water partition coefficient (Wildman–Crippen LogP) is 3.06. The zero-order valence-corrected chi connectivity index (χ0v) is 16.1. The minimum atomic E-state index is 0.0339. The van der Waals surface area contributed by atoms with E-state index in [9.17, 15) is 4.79 Å². The Kier molecular flexibility index (Phi) is 5.05. The Balaban J connectivity index is 1.60. The van der Waals surface area contributed by atoms with Crippen LogP contribution in [0, 0.1) is 11.8 Å². The van der Waals surface area contributed by atoms with Crippen molar-refractivity contribution in [3.8, 4) is 0 Å². The first-order valence-corrected chi connectivity index (χ1v) is 9.28. The molecule has 2 aliphatic heterocycles. The lowest BCUT2D eigenvalue weighted by atomic mass is 10.0. The molecule has 0 spiro atoms. The number of nitrogens with zero attached hydrogens (tertiary/aromatic N) is 1. The van der Waals surface area contributed by atoms with Crippen molar-refractivity contribution < 1.29 is 4.79 Å². The standard InChI is InChI=1S/C14H16Br3N3O/c15-10-1-11(16)14(12(17)2-10)19-13(21)7-20-5-8-3-18-4-9(8)6-20/h1-2,8-9,18H,3-7H2,(H,19,21). The van der Waals surface area contributed by atoms with Crippen molar-refractivity contribution in [3.05, 3.63) is 25.6 Å². The molecule has 2 unspecified atom stereocenters. The lowest BCUT2D eigenvalue weighted by molar-refractivity contribution is -0.117. The Morgan fingerprint density at radius 2 is 1.76 bits per heavy atom. The van der Waals surface area contributed by atoms with Crippen molar-refractivity contribution >= 4 is 59.4 Å². The molecule has 114 valence electrons. The molecule has 0 aromatic heterocycles. The van der Waals surface area contributed by atoms with Crippen molar-refractivity contribution in [1.82, 2.24) is 10.2 Å². The maximum absolute atomic E-state index is 12.3. The number of nitrogens with one attached hydrogen (secondary N) is 2. The van der Waals surface area contributed by atoms with E-state index in [-0.39, 0.29) is 5.91 Å². The maximum atomic E-state index is 12.3. The van der Waals surface area contributed by atoms with Gasteiger partial charge < -0.3 is 10.6 Å². The Morgan fingerprint density at radius 1 is 1.19 bits per heavy atom. The number of fused-ring (bicyclic) bond motifs is 1. The predicted molar refractivity (Wildman–Crippen MR) is 94.5 cm³/mol. The lowest BCUT2D eigenvalue weighted by Crippen LogP contribution is -2.33. The van der Waals surface area contributed by atoms with Crippen LogP contribution in [0.4, 0.5) is 5.69 Å². The number of carbonyl (C=O) groups excluding carboxylic acids is 1. The fraction of sp³-hybridized carbons (Fsp3) is 0.500. The number of carbonyl (C=O) groups is 1. The third kappa shape index (κ3) is 3.69. The van der Waals surface area contributed by atoms with Crippen LogP contribution in [0.25, 0.3) is 0 Å². The van der Waals surface area contributed by atoms with Gasteiger partial charge in [0, 0.05) is 26.5 Å². The highest BCUT2D eigenvalue weighted by atomic mass is 79.9. The van der Waals surface area contributed by atoms with Crippen LogP contribution in [0.5, 0.6) is 0 Å². The summed E-state index contributed by atoms with van der Waals surface area (Å²) in [5.74, 6) is 1.46. The number of likely N-dealkylation sites (tertiary alicyclic amines) is 1. The monoisotopic (exact) mass is 479 g/mol. The quantitative estimate of drug-likeness (QED) is 0.697. The van der Waals surface area contributed by atoms with Crippen LogP contribution >= 0.6 is 47.8 Å². The molecule has 0 radical (unpaired) electrons. The van der Waals surface area contributed by atoms with Gasteiger partial charge in [-0.1, -0.05) is 15.9 Å². The van der Waals surface area contributed by atoms with Gasteiger partial charge >= 0.3 is 0 Å². The second-order valence-electron chi connectivity index (χ2n) is 5.67. The highest BCUT2D eigenvalue weighted by Crippen LogP contribution is 2.34. The van der Waals surface area contributed by atoms with E-state index >= 15 is 0 Å². The van der Waals surface area contributed by atoms with Gasteiger partial charge in [-0.3, -0.25) is 9.69 Å². The van der Waals surface area contributed by atoms with E-state index in [2.05, 4.69) is 63.3 Å². The first-order chi connectivity index (χ1) is 10.0. The summed E-state index contributed by atoms with van der Waals surface area (Å²) in [4.78, 5) is 14.5. The summed E-state index contributed by atoms with van der Waals surface area (Å²) in [6.07, 6.45) is 0. The fourth-order valence-electron chi connectivity index (χ4n) is 3.13. The second-order valence-corrected chi connectivity index (χ2v) is 8.29. The van der Waals surface area contributed by atoms with Crippen LogP contribution in [-0.2, 0) is 4.79 Å². The Bertz CT molecular complexity index is 531. The largest absolute Gasteiger partial charge is 0.323 e. The van der Waals surface area contributed by atoms with E-state index < -0.39 is 0 Å².